The first-order valence-corrected chi connectivity index (χ1v) is 12.3. The Morgan fingerprint density at radius 2 is 1.88 bits per heavy atom. The highest BCUT2D eigenvalue weighted by atomic mass is 32.2. The molecule has 0 saturated carbocycles. The molecule has 2 aromatic carbocycles. The van der Waals surface area contributed by atoms with Crippen molar-refractivity contribution in [2.45, 2.75) is 31.2 Å². The number of nitrogens with zero attached hydrogens (tertiary/aromatic N) is 2. The lowest BCUT2D eigenvalue weighted by Gasteiger charge is -2.16. The number of halogens is 1. The minimum atomic E-state index is -3.95. The molecular formula is C25H24FN3O4S. The Hall–Kier alpha value is -3.72. The van der Waals surface area contributed by atoms with E-state index in [4.69, 9.17) is 4.74 Å². The minimum absolute atomic E-state index is 0.102. The molecule has 0 saturated heterocycles. The number of esters is 1. The molecule has 1 unspecified atom stereocenters. The van der Waals surface area contributed by atoms with Crippen molar-refractivity contribution < 1.29 is 22.3 Å². The molecule has 0 aliphatic rings. The van der Waals surface area contributed by atoms with Crippen LogP contribution >= 0.6 is 0 Å². The van der Waals surface area contributed by atoms with Gasteiger partial charge in [0.15, 0.2) is 0 Å². The predicted octanol–water partition coefficient (Wildman–Crippen LogP) is 4.83. The Morgan fingerprint density at radius 3 is 2.53 bits per heavy atom. The number of pyridine rings is 1. The van der Waals surface area contributed by atoms with Gasteiger partial charge in [0.05, 0.1) is 17.0 Å². The maximum absolute atomic E-state index is 14.1. The fourth-order valence-corrected chi connectivity index (χ4v) is 5.08. The number of carbonyl (C=O) groups is 1. The standard InChI is InChI=1S/C25H24FN3O4S/c1-3-22(25(30)33-4-2)28-24-13-10-17(15-27-24)21-16-29(23-14-18(26)11-12-20(21)23)34(31,32)19-8-6-5-7-9-19/h5-16,22H,3-4H2,1-2H3,(H,27,28). The monoisotopic (exact) mass is 481 g/mol. The number of hydrogen-bond acceptors (Lipinski definition) is 6. The number of rotatable bonds is 8. The SMILES string of the molecule is CCOC(=O)C(CC)Nc1ccc(-c2cn(S(=O)(=O)c3ccccc3)c3cc(F)ccc23)cn1. The van der Waals surface area contributed by atoms with Crippen molar-refractivity contribution in [3.8, 4) is 11.1 Å². The van der Waals surface area contributed by atoms with E-state index in [2.05, 4.69) is 10.3 Å². The van der Waals surface area contributed by atoms with Crippen LogP contribution in [0, 0.1) is 5.82 Å². The number of benzene rings is 2. The second kappa shape index (κ2) is 9.64. The molecule has 0 radical (unpaired) electrons. The molecule has 176 valence electrons. The Balaban J connectivity index is 1.74. The van der Waals surface area contributed by atoms with Crippen LogP contribution in [0.15, 0.2) is 78.0 Å². The Morgan fingerprint density at radius 1 is 1.12 bits per heavy atom. The molecule has 7 nitrogen and oxygen atoms in total. The molecule has 9 heteroatoms. The van der Waals surface area contributed by atoms with Gasteiger partial charge in [0.25, 0.3) is 10.0 Å². The van der Waals surface area contributed by atoms with Crippen molar-refractivity contribution in [2.24, 2.45) is 0 Å². The zero-order chi connectivity index (χ0) is 24.3. The quantitative estimate of drug-likeness (QED) is 0.363. The van der Waals surface area contributed by atoms with Crippen molar-refractivity contribution >= 4 is 32.7 Å². The van der Waals surface area contributed by atoms with Crippen LogP contribution in [0.2, 0.25) is 0 Å². The van der Waals surface area contributed by atoms with Crippen LogP contribution in [-0.2, 0) is 19.6 Å². The van der Waals surface area contributed by atoms with Gasteiger partial charge in [0.2, 0.25) is 0 Å². The van der Waals surface area contributed by atoms with Crippen molar-refractivity contribution in [3.05, 3.63) is 78.9 Å². The van der Waals surface area contributed by atoms with Crippen molar-refractivity contribution in [1.82, 2.24) is 8.96 Å². The fourth-order valence-electron chi connectivity index (χ4n) is 3.69. The van der Waals surface area contributed by atoms with E-state index in [9.17, 15) is 17.6 Å². The molecule has 34 heavy (non-hydrogen) atoms. The molecule has 1 N–H and O–H groups in total. The van der Waals surface area contributed by atoms with Gasteiger partial charge in [-0.3, -0.25) is 0 Å². The van der Waals surface area contributed by atoms with E-state index in [1.165, 1.54) is 30.5 Å². The summed E-state index contributed by atoms with van der Waals surface area (Å²) in [6.45, 7) is 3.90. The molecule has 4 rings (SSSR count). The van der Waals surface area contributed by atoms with Crippen LogP contribution in [0.3, 0.4) is 0 Å². The van der Waals surface area contributed by atoms with Crippen LogP contribution in [-0.4, -0.2) is 36.0 Å². The highest BCUT2D eigenvalue weighted by molar-refractivity contribution is 7.90. The molecule has 0 bridgehead atoms. The lowest BCUT2D eigenvalue weighted by Crippen LogP contribution is -2.31. The Bertz CT molecular complexity index is 1420. The highest BCUT2D eigenvalue weighted by Crippen LogP contribution is 2.33. The summed E-state index contributed by atoms with van der Waals surface area (Å²) < 4.78 is 46.8. The first kappa shape index (κ1) is 23.4. The summed E-state index contributed by atoms with van der Waals surface area (Å²) >= 11 is 0. The van der Waals surface area contributed by atoms with Crippen molar-refractivity contribution in [2.75, 3.05) is 11.9 Å². The second-order valence-corrected chi connectivity index (χ2v) is 9.42. The van der Waals surface area contributed by atoms with E-state index in [0.717, 1.165) is 3.97 Å². The van der Waals surface area contributed by atoms with E-state index in [1.54, 1.807) is 49.5 Å². The van der Waals surface area contributed by atoms with Gasteiger partial charge in [-0.2, -0.15) is 0 Å². The number of fused-ring (bicyclic) bond motifs is 1. The highest BCUT2D eigenvalue weighted by Gasteiger charge is 2.23. The first-order valence-electron chi connectivity index (χ1n) is 10.9. The summed E-state index contributed by atoms with van der Waals surface area (Å²) in [6.07, 6.45) is 3.58. The van der Waals surface area contributed by atoms with Gasteiger partial charge in [-0.1, -0.05) is 25.1 Å². The number of ether oxygens (including phenoxy) is 1. The second-order valence-electron chi connectivity index (χ2n) is 7.61. The van der Waals surface area contributed by atoms with Crippen molar-refractivity contribution in [1.29, 1.82) is 0 Å². The summed E-state index contributed by atoms with van der Waals surface area (Å²) in [5.41, 5.74) is 1.47. The van der Waals surface area contributed by atoms with E-state index < -0.39 is 21.9 Å². The third kappa shape index (κ3) is 4.51. The molecular weight excluding hydrogens is 457 g/mol. The van der Waals surface area contributed by atoms with E-state index in [-0.39, 0.29) is 16.4 Å². The minimum Gasteiger partial charge on any atom is -0.464 e. The third-order valence-electron chi connectivity index (χ3n) is 5.41. The van der Waals surface area contributed by atoms with Crippen molar-refractivity contribution in [3.63, 3.8) is 0 Å². The number of anilines is 1. The average molecular weight is 482 g/mol. The van der Waals surface area contributed by atoms with Crippen LogP contribution in [0.4, 0.5) is 10.2 Å². The van der Waals surface area contributed by atoms with Gasteiger partial charge in [0.1, 0.15) is 17.7 Å². The van der Waals surface area contributed by atoms with E-state index >= 15 is 0 Å². The molecule has 1 atom stereocenters. The van der Waals surface area contributed by atoms with Crippen LogP contribution in [0.5, 0.6) is 0 Å². The summed E-state index contributed by atoms with van der Waals surface area (Å²) in [4.78, 5) is 16.5. The topological polar surface area (TPSA) is 90.3 Å². The first-order chi connectivity index (χ1) is 16.3. The van der Waals surface area contributed by atoms with Gasteiger partial charge in [-0.15, -0.1) is 0 Å². The zero-order valence-electron chi connectivity index (χ0n) is 18.7. The Kier molecular flexibility index (Phi) is 6.65. The summed E-state index contributed by atoms with van der Waals surface area (Å²) in [5.74, 6) is -0.411. The van der Waals surface area contributed by atoms with Gasteiger partial charge in [-0.25, -0.2) is 26.6 Å². The normalized spacial score (nSPS) is 12.4. The largest absolute Gasteiger partial charge is 0.464 e. The lowest BCUT2D eigenvalue weighted by molar-refractivity contribution is -0.144. The van der Waals surface area contributed by atoms with Crippen LogP contribution < -0.4 is 5.32 Å². The molecule has 2 heterocycles. The maximum atomic E-state index is 14.1. The Labute approximate surface area is 197 Å². The summed E-state index contributed by atoms with van der Waals surface area (Å²) in [6, 6.07) is 15.0. The van der Waals surface area contributed by atoms with Gasteiger partial charge < -0.3 is 10.1 Å². The van der Waals surface area contributed by atoms with Gasteiger partial charge >= 0.3 is 5.97 Å². The molecule has 4 aromatic rings. The lowest BCUT2D eigenvalue weighted by atomic mass is 10.1. The number of carbonyl (C=O) groups excluding carboxylic acids is 1. The smallest absolute Gasteiger partial charge is 0.328 e. The number of nitrogens with one attached hydrogen (secondary N) is 1. The molecule has 0 amide bonds. The number of aromatic nitrogens is 2. The van der Waals surface area contributed by atoms with Crippen LogP contribution in [0.1, 0.15) is 20.3 Å². The molecule has 0 fully saturated rings. The zero-order valence-corrected chi connectivity index (χ0v) is 19.5. The van der Waals surface area contributed by atoms with Gasteiger partial charge in [-0.05, 0) is 55.8 Å². The van der Waals surface area contributed by atoms with E-state index in [1.807, 2.05) is 6.92 Å². The third-order valence-corrected chi connectivity index (χ3v) is 7.10. The van der Waals surface area contributed by atoms with Crippen LogP contribution in [0.25, 0.3) is 22.0 Å². The van der Waals surface area contributed by atoms with E-state index in [0.29, 0.717) is 35.4 Å². The van der Waals surface area contributed by atoms with Gasteiger partial charge in [0, 0.05) is 28.9 Å². The maximum Gasteiger partial charge on any atom is 0.328 e. The molecule has 0 spiro atoms. The predicted molar refractivity (Wildman–Crippen MR) is 128 cm³/mol. The molecule has 2 aromatic heterocycles. The fraction of sp³-hybridized carbons (Fsp3) is 0.200. The molecule has 0 aliphatic heterocycles. The molecule has 0 aliphatic carbocycles. The number of hydrogen-bond donors (Lipinski definition) is 1. The summed E-state index contributed by atoms with van der Waals surface area (Å²) in [7, 11) is -3.95. The average Bonchev–Trinajstić information content (AvgIpc) is 3.23. The summed E-state index contributed by atoms with van der Waals surface area (Å²) in [5, 5.41) is 3.62.